The minimum absolute atomic E-state index is 0.200. The van der Waals surface area contributed by atoms with Gasteiger partial charge in [0.25, 0.3) is 5.69 Å². The van der Waals surface area contributed by atoms with Gasteiger partial charge < -0.3 is 4.90 Å². The van der Waals surface area contributed by atoms with Crippen molar-refractivity contribution in [1.82, 2.24) is 0 Å². The van der Waals surface area contributed by atoms with Crippen molar-refractivity contribution in [1.29, 1.82) is 0 Å². The summed E-state index contributed by atoms with van der Waals surface area (Å²) >= 11 is 1.72. The third-order valence-electron chi connectivity index (χ3n) is 4.07. The molecule has 102 valence electrons. The maximum Gasteiger partial charge on any atom is 0.270 e. The van der Waals surface area contributed by atoms with Gasteiger partial charge in [-0.25, -0.2) is 0 Å². The molecular weight excluding hydrogens is 260 g/mol. The van der Waals surface area contributed by atoms with Crippen molar-refractivity contribution in [2.45, 2.75) is 37.0 Å². The van der Waals surface area contributed by atoms with E-state index in [9.17, 15) is 10.1 Å². The van der Waals surface area contributed by atoms with Crippen molar-refractivity contribution < 1.29 is 4.92 Å². The van der Waals surface area contributed by atoms with Crippen molar-refractivity contribution in [2.24, 2.45) is 5.92 Å². The molecule has 0 radical (unpaired) electrons. The van der Waals surface area contributed by atoms with Crippen molar-refractivity contribution in [3.05, 3.63) is 28.3 Å². The van der Waals surface area contributed by atoms with Gasteiger partial charge in [0.1, 0.15) is 0 Å². The van der Waals surface area contributed by atoms with Gasteiger partial charge in [0, 0.05) is 23.6 Å². The highest BCUT2D eigenvalue weighted by Gasteiger charge is 2.25. The Hall–Kier alpha value is -1.23. The SMILES string of the molecule is O=[N+]([O-])c1ccc2c(c1)SCN2CC1CCCCC1. The number of hydrogen-bond donors (Lipinski definition) is 0. The van der Waals surface area contributed by atoms with Crippen molar-refractivity contribution >= 4 is 23.1 Å². The van der Waals surface area contributed by atoms with Gasteiger partial charge in [0.05, 0.1) is 16.5 Å². The molecule has 1 aromatic rings. The van der Waals surface area contributed by atoms with Crippen LogP contribution in [-0.2, 0) is 0 Å². The Morgan fingerprint density at radius 1 is 1.32 bits per heavy atom. The highest BCUT2D eigenvalue weighted by molar-refractivity contribution is 7.99. The van der Waals surface area contributed by atoms with E-state index in [2.05, 4.69) is 4.90 Å². The number of hydrogen-bond acceptors (Lipinski definition) is 4. The first-order valence-electron chi connectivity index (χ1n) is 6.90. The third-order valence-corrected chi connectivity index (χ3v) is 5.15. The smallest absolute Gasteiger partial charge is 0.270 e. The van der Waals surface area contributed by atoms with Gasteiger partial charge in [-0.1, -0.05) is 19.3 Å². The number of non-ortho nitro benzene ring substituents is 1. The van der Waals surface area contributed by atoms with Crippen molar-refractivity contribution in [3.63, 3.8) is 0 Å². The maximum absolute atomic E-state index is 10.8. The summed E-state index contributed by atoms with van der Waals surface area (Å²) in [5.74, 6) is 1.74. The molecule has 0 unspecified atom stereocenters. The zero-order valence-corrected chi connectivity index (χ0v) is 11.7. The Kier molecular flexibility index (Phi) is 3.64. The Morgan fingerprint density at radius 2 is 2.11 bits per heavy atom. The van der Waals surface area contributed by atoms with Gasteiger partial charge in [-0.2, -0.15) is 0 Å². The van der Waals surface area contributed by atoms with Crippen LogP contribution < -0.4 is 4.90 Å². The Labute approximate surface area is 117 Å². The van der Waals surface area contributed by atoms with E-state index in [4.69, 9.17) is 0 Å². The average molecular weight is 278 g/mol. The average Bonchev–Trinajstić information content (AvgIpc) is 2.82. The number of thioether (sulfide) groups is 1. The Bertz CT molecular complexity index is 486. The molecule has 1 heterocycles. The van der Waals surface area contributed by atoms with Crippen molar-refractivity contribution in [3.8, 4) is 0 Å². The Balaban J connectivity index is 1.72. The van der Waals surface area contributed by atoms with Crippen LogP contribution in [0.4, 0.5) is 11.4 Å². The third kappa shape index (κ3) is 2.71. The molecule has 1 aliphatic heterocycles. The number of fused-ring (bicyclic) bond motifs is 1. The lowest BCUT2D eigenvalue weighted by Gasteiger charge is -2.28. The number of nitro benzene ring substituents is 1. The van der Waals surface area contributed by atoms with Gasteiger partial charge in [-0.15, -0.1) is 11.8 Å². The van der Waals surface area contributed by atoms with Crippen LogP contribution in [0.25, 0.3) is 0 Å². The fourth-order valence-electron chi connectivity index (χ4n) is 3.04. The molecule has 0 aromatic heterocycles. The number of anilines is 1. The molecule has 0 N–H and O–H groups in total. The van der Waals surface area contributed by atoms with Gasteiger partial charge in [-0.3, -0.25) is 10.1 Å². The quantitative estimate of drug-likeness (QED) is 0.618. The summed E-state index contributed by atoms with van der Waals surface area (Å²) in [6.07, 6.45) is 6.78. The highest BCUT2D eigenvalue weighted by atomic mass is 32.2. The number of nitro groups is 1. The lowest BCUT2D eigenvalue weighted by Crippen LogP contribution is -2.28. The predicted molar refractivity (Wildman–Crippen MR) is 77.7 cm³/mol. The van der Waals surface area contributed by atoms with E-state index in [-0.39, 0.29) is 10.6 Å². The van der Waals surface area contributed by atoms with Crippen LogP contribution in [0.1, 0.15) is 32.1 Å². The van der Waals surface area contributed by atoms with E-state index >= 15 is 0 Å². The summed E-state index contributed by atoms with van der Waals surface area (Å²) in [5.41, 5.74) is 1.38. The molecule has 1 saturated carbocycles. The van der Waals surface area contributed by atoms with Crippen LogP contribution in [0.15, 0.2) is 23.1 Å². The van der Waals surface area contributed by atoms with Crippen molar-refractivity contribution in [2.75, 3.05) is 17.3 Å². The summed E-state index contributed by atoms with van der Waals surface area (Å²) < 4.78 is 0. The monoisotopic (exact) mass is 278 g/mol. The molecule has 1 aromatic carbocycles. The second-order valence-electron chi connectivity index (χ2n) is 5.41. The zero-order valence-electron chi connectivity index (χ0n) is 10.9. The molecular formula is C14H18N2O2S. The molecule has 2 aliphatic rings. The van der Waals surface area contributed by atoms with Gasteiger partial charge in [-0.05, 0) is 24.8 Å². The fourth-order valence-corrected chi connectivity index (χ4v) is 4.13. The lowest BCUT2D eigenvalue weighted by molar-refractivity contribution is -0.385. The van der Waals surface area contributed by atoms with E-state index in [1.807, 2.05) is 6.07 Å². The largest absolute Gasteiger partial charge is 0.361 e. The fraction of sp³-hybridized carbons (Fsp3) is 0.571. The minimum Gasteiger partial charge on any atom is -0.361 e. The molecule has 0 atom stereocenters. The molecule has 3 rings (SSSR count). The van der Waals surface area contributed by atoms with E-state index in [0.29, 0.717) is 0 Å². The normalized spacial score (nSPS) is 19.5. The van der Waals surface area contributed by atoms with Crippen LogP contribution in [0.5, 0.6) is 0 Å². The topological polar surface area (TPSA) is 46.4 Å². The van der Waals surface area contributed by atoms with Gasteiger partial charge in [0.15, 0.2) is 0 Å². The summed E-state index contributed by atoms with van der Waals surface area (Å²) in [6.45, 7) is 1.11. The first-order valence-corrected chi connectivity index (χ1v) is 7.89. The van der Waals surface area contributed by atoms with Crippen LogP contribution >= 0.6 is 11.8 Å². The van der Waals surface area contributed by atoms with E-state index < -0.39 is 0 Å². The number of benzene rings is 1. The first kappa shape index (κ1) is 12.8. The van der Waals surface area contributed by atoms with Crippen LogP contribution in [0, 0.1) is 16.0 Å². The molecule has 0 bridgehead atoms. The molecule has 1 fully saturated rings. The second kappa shape index (κ2) is 5.41. The molecule has 0 saturated heterocycles. The summed E-state index contributed by atoms with van der Waals surface area (Å²) in [7, 11) is 0. The minimum atomic E-state index is -0.315. The molecule has 4 nitrogen and oxygen atoms in total. The Morgan fingerprint density at radius 3 is 2.84 bits per heavy atom. The van der Waals surface area contributed by atoms with Crippen LogP contribution in [-0.4, -0.2) is 17.3 Å². The summed E-state index contributed by atoms with van der Waals surface area (Å²) in [5, 5.41) is 10.8. The van der Waals surface area contributed by atoms with Gasteiger partial charge >= 0.3 is 0 Å². The molecule has 19 heavy (non-hydrogen) atoms. The summed E-state index contributed by atoms with van der Waals surface area (Å²) in [4.78, 5) is 13.9. The standard InChI is InChI=1S/C14H18N2O2S/c17-16(18)12-6-7-13-14(8-12)19-10-15(13)9-11-4-2-1-3-5-11/h6-8,11H,1-5,9-10H2. The maximum atomic E-state index is 10.8. The lowest BCUT2D eigenvalue weighted by atomic mass is 9.89. The molecule has 5 heteroatoms. The number of rotatable bonds is 3. The predicted octanol–water partition coefficient (Wildman–Crippen LogP) is 4.04. The zero-order chi connectivity index (χ0) is 13.2. The van der Waals surface area contributed by atoms with E-state index in [1.165, 1.54) is 37.8 Å². The van der Waals surface area contributed by atoms with Crippen LogP contribution in [0.2, 0.25) is 0 Å². The molecule has 0 amide bonds. The second-order valence-corrected chi connectivity index (χ2v) is 6.40. The summed E-state index contributed by atoms with van der Waals surface area (Å²) in [6, 6.07) is 5.25. The first-order chi connectivity index (χ1) is 9.24. The van der Waals surface area contributed by atoms with Gasteiger partial charge in [0.2, 0.25) is 0 Å². The van der Waals surface area contributed by atoms with Crippen LogP contribution in [0.3, 0.4) is 0 Å². The molecule has 1 aliphatic carbocycles. The van der Waals surface area contributed by atoms with E-state index in [1.54, 1.807) is 23.9 Å². The van der Waals surface area contributed by atoms with E-state index in [0.717, 1.165) is 23.2 Å². The number of nitrogens with zero attached hydrogens (tertiary/aromatic N) is 2. The highest BCUT2D eigenvalue weighted by Crippen LogP contribution is 2.41. The molecule has 0 spiro atoms.